The zero-order valence-corrected chi connectivity index (χ0v) is 12.1. The Hall–Kier alpha value is -0.130. The largest absolute Gasteiger partial charge is 0.315 e. The molecule has 0 saturated carbocycles. The molecule has 1 saturated heterocycles. The maximum Gasteiger partial charge on any atom is 0.153 e. The molecule has 1 aliphatic rings. The lowest BCUT2D eigenvalue weighted by atomic mass is 9.98. The maximum absolute atomic E-state index is 11.6. The van der Waals surface area contributed by atoms with Gasteiger partial charge >= 0.3 is 0 Å². The number of sulfone groups is 1. The monoisotopic (exact) mass is 262 g/mol. The fraction of sp³-hybridized carbons (Fsp3) is 1.00. The van der Waals surface area contributed by atoms with Crippen LogP contribution in [0.5, 0.6) is 0 Å². The van der Waals surface area contributed by atoms with Crippen molar-refractivity contribution in [2.24, 2.45) is 5.92 Å². The second kappa shape index (κ2) is 6.71. The van der Waals surface area contributed by atoms with Crippen LogP contribution in [-0.2, 0) is 9.84 Å². The Morgan fingerprint density at radius 3 is 2.71 bits per heavy atom. The van der Waals surface area contributed by atoms with E-state index in [1.807, 2.05) is 0 Å². The smallest absolute Gasteiger partial charge is 0.153 e. The van der Waals surface area contributed by atoms with E-state index in [-0.39, 0.29) is 11.0 Å². The van der Waals surface area contributed by atoms with Crippen molar-refractivity contribution in [2.45, 2.75) is 31.9 Å². The van der Waals surface area contributed by atoms with Crippen molar-refractivity contribution in [3.8, 4) is 0 Å². The predicted molar refractivity (Wildman–Crippen MR) is 72.0 cm³/mol. The number of nitrogens with zero attached hydrogens (tertiary/aromatic N) is 1. The van der Waals surface area contributed by atoms with Gasteiger partial charge in [-0.05, 0) is 52.7 Å². The van der Waals surface area contributed by atoms with Gasteiger partial charge in [-0.1, -0.05) is 0 Å². The molecule has 1 N–H and O–H groups in total. The summed E-state index contributed by atoms with van der Waals surface area (Å²) in [5, 5.41) is 3.02. The van der Waals surface area contributed by atoms with Crippen molar-refractivity contribution >= 4 is 9.84 Å². The van der Waals surface area contributed by atoms with Crippen molar-refractivity contribution in [3.63, 3.8) is 0 Å². The fourth-order valence-electron chi connectivity index (χ4n) is 2.20. The van der Waals surface area contributed by atoms with Crippen molar-refractivity contribution in [1.82, 2.24) is 10.2 Å². The van der Waals surface area contributed by atoms with Crippen LogP contribution in [0, 0.1) is 5.92 Å². The maximum atomic E-state index is 11.6. The lowest BCUT2D eigenvalue weighted by Crippen LogP contribution is -2.38. The first-order valence-electron chi connectivity index (χ1n) is 6.52. The van der Waals surface area contributed by atoms with Gasteiger partial charge in [-0.2, -0.15) is 0 Å². The van der Waals surface area contributed by atoms with Gasteiger partial charge in [-0.25, -0.2) is 8.42 Å². The Balaban J connectivity index is 2.16. The Bertz CT molecular complexity index is 314. The van der Waals surface area contributed by atoms with Crippen molar-refractivity contribution in [1.29, 1.82) is 0 Å². The summed E-state index contributed by atoms with van der Waals surface area (Å²) in [6.45, 7) is 7.33. The van der Waals surface area contributed by atoms with Gasteiger partial charge in [0.2, 0.25) is 0 Å². The van der Waals surface area contributed by atoms with E-state index in [4.69, 9.17) is 0 Å². The normalized spacial score (nSPS) is 23.2. The summed E-state index contributed by atoms with van der Waals surface area (Å²) in [7, 11) is -0.737. The first-order valence-corrected chi connectivity index (χ1v) is 8.24. The van der Waals surface area contributed by atoms with Crippen LogP contribution < -0.4 is 5.32 Å². The Morgan fingerprint density at radius 2 is 2.12 bits per heavy atom. The summed E-state index contributed by atoms with van der Waals surface area (Å²) in [5.74, 6) is 0.934. The molecule has 102 valence electrons. The van der Waals surface area contributed by atoms with Gasteiger partial charge < -0.3 is 10.2 Å². The van der Waals surface area contributed by atoms with E-state index in [0.29, 0.717) is 12.5 Å². The van der Waals surface area contributed by atoms with Crippen LogP contribution in [0.2, 0.25) is 0 Å². The summed E-state index contributed by atoms with van der Waals surface area (Å²) < 4.78 is 23.2. The zero-order valence-electron chi connectivity index (χ0n) is 11.3. The highest BCUT2D eigenvalue weighted by atomic mass is 32.2. The number of likely N-dealkylation sites (tertiary alicyclic amines) is 1. The van der Waals surface area contributed by atoms with E-state index in [0.717, 1.165) is 13.1 Å². The number of nitrogens with one attached hydrogen (secondary N) is 1. The van der Waals surface area contributed by atoms with Gasteiger partial charge in [0, 0.05) is 13.1 Å². The quantitative estimate of drug-likeness (QED) is 0.717. The van der Waals surface area contributed by atoms with Gasteiger partial charge in [-0.3, -0.25) is 0 Å². The Labute approximate surface area is 106 Å². The summed E-state index contributed by atoms with van der Waals surface area (Å²) in [4.78, 5) is 2.35. The van der Waals surface area contributed by atoms with Crippen LogP contribution in [0.4, 0.5) is 0 Å². The van der Waals surface area contributed by atoms with E-state index >= 15 is 0 Å². The van der Waals surface area contributed by atoms with Crippen LogP contribution >= 0.6 is 0 Å². The predicted octanol–water partition coefficient (Wildman–Crippen LogP) is 0.741. The molecule has 1 atom stereocenters. The highest BCUT2D eigenvalue weighted by molar-refractivity contribution is 7.92. The number of hydrogen-bond acceptors (Lipinski definition) is 4. The fourth-order valence-corrected chi connectivity index (χ4v) is 3.10. The van der Waals surface area contributed by atoms with Gasteiger partial charge in [0.05, 0.1) is 11.0 Å². The molecule has 0 aromatic rings. The van der Waals surface area contributed by atoms with E-state index in [9.17, 15) is 8.42 Å². The number of piperidine rings is 1. The Morgan fingerprint density at radius 1 is 1.41 bits per heavy atom. The summed E-state index contributed by atoms with van der Waals surface area (Å²) in [6.07, 6.45) is 2.52. The molecular weight excluding hydrogens is 236 g/mol. The van der Waals surface area contributed by atoms with Crippen LogP contribution in [0.1, 0.15) is 26.7 Å². The van der Waals surface area contributed by atoms with Crippen molar-refractivity contribution < 1.29 is 8.42 Å². The number of rotatable bonds is 6. The average molecular weight is 262 g/mol. The third kappa shape index (κ3) is 5.36. The SMILES string of the molecule is CC(C)S(=O)(=O)CCNCC1CCCN(C)C1. The average Bonchev–Trinajstić information content (AvgIpc) is 2.24. The molecule has 0 aliphatic carbocycles. The molecule has 4 nitrogen and oxygen atoms in total. The third-order valence-electron chi connectivity index (χ3n) is 3.44. The van der Waals surface area contributed by atoms with Crippen LogP contribution in [0.25, 0.3) is 0 Å². The summed E-state index contributed by atoms with van der Waals surface area (Å²) in [5.41, 5.74) is 0. The molecule has 1 rings (SSSR count). The van der Waals surface area contributed by atoms with Crippen molar-refractivity contribution in [2.75, 3.05) is 39.0 Å². The first kappa shape index (κ1) is 14.9. The molecule has 1 aliphatic heterocycles. The molecule has 0 aromatic heterocycles. The lowest BCUT2D eigenvalue weighted by molar-refractivity contribution is 0.207. The van der Waals surface area contributed by atoms with Crippen LogP contribution in [-0.4, -0.2) is 57.5 Å². The molecule has 0 radical (unpaired) electrons. The second-order valence-electron chi connectivity index (χ2n) is 5.39. The van der Waals surface area contributed by atoms with E-state index in [2.05, 4.69) is 17.3 Å². The molecular formula is C12H26N2O2S. The van der Waals surface area contributed by atoms with Gasteiger partial charge in [0.1, 0.15) is 0 Å². The van der Waals surface area contributed by atoms with Gasteiger partial charge in [-0.15, -0.1) is 0 Å². The minimum atomic E-state index is -2.88. The van der Waals surface area contributed by atoms with Crippen LogP contribution in [0.15, 0.2) is 0 Å². The third-order valence-corrected chi connectivity index (χ3v) is 5.65. The molecule has 0 spiro atoms. The molecule has 17 heavy (non-hydrogen) atoms. The highest BCUT2D eigenvalue weighted by Crippen LogP contribution is 2.13. The van der Waals surface area contributed by atoms with Crippen molar-refractivity contribution in [3.05, 3.63) is 0 Å². The number of hydrogen-bond donors (Lipinski definition) is 1. The Kier molecular flexibility index (Phi) is 5.89. The molecule has 1 fully saturated rings. The molecule has 5 heteroatoms. The van der Waals surface area contributed by atoms with E-state index in [1.54, 1.807) is 13.8 Å². The summed E-state index contributed by atoms with van der Waals surface area (Å²) >= 11 is 0. The van der Waals surface area contributed by atoms with Gasteiger partial charge in [0.25, 0.3) is 0 Å². The minimum absolute atomic E-state index is 0.257. The minimum Gasteiger partial charge on any atom is -0.315 e. The second-order valence-corrected chi connectivity index (χ2v) is 8.07. The first-order chi connectivity index (χ1) is 7.92. The highest BCUT2D eigenvalue weighted by Gasteiger charge is 2.18. The molecule has 0 aromatic carbocycles. The zero-order chi connectivity index (χ0) is 12.9. The van der Waals surface area contributed by atoms with E-state index in [1.165, 1.54) is 19.4 Å². The molecule has 0 bridgehead atoms. The standard InChI is InChI=1S/C12H26N2O2S/c1-11(2)17(15,16)8-6-13-9-12-5-4-7-14(3)10-12/h11-13H,4-10H2,1-3H3. The molecule has 1 heterocycles. The molecule has 0 amide bonds. The van der Waals surface area contributed by atoms with Crippen LogP contribution in [0.3, 0.4) is 0 Å². The molecule has 1 unspecified atom stereocenters. The van der Waals surface area contributed by atoms with Gasteiger partial charge in [0.15, 0.2) is 9.84 Å². The lowest BCUT2D eigenvalue weighted by Gasteiger charge is -2.29. The summed E-state index contributed by atoms with van der Waals surface area (Å²) in [6, 6.07) is 0. The topological polar surface area (TPSA) is 49.4 Å². The van der Waals surface area contributed by atoms with E-state index < -0.39 is 9.84 Å².